The van der Waals surface area contributed by atoms with Gasteiger partial charge in [-0.3, -0.25) is 0 Å². The predicted octanol–water partition coefficient (Wildman–Crippen LogP) is 4.78. The lowest BCUT2D eigenvalue weighted by Crippen LogP contribution is -2.17. The number of ether oxygens (including phenoxy) is 13. The Labute approximate surface area is 339 Å². The first-order valence-corrected chi connectivity index (χ1v) is 21.2. The van der Waals surface area contributed by atoms with E-state index in [0.29, 0.717) is 165 Å². The van der Waals surface area contributed by atoms with Crippen LogP contribution in [0.1, 0.15) is 57.4 Å². The van der Waals surface area contributed by atoms with E-state index in [-0.39, 0.29) is 0 Å². The Hall–Kier alpha value is -1.50. The Bertz CT molecular complexity index is 872. The van der Waals surface area contributed by atoms with Crippen LogP contribution in [-0.4, -0.2) is 179 Å². The fourth-order valence-corrected chi connectivity index (χ4v) is 4.95. The Morgan fingerprint density at radius 1 is 0.339 bits per heavy atom. The molecule has 0 heterocycles. The number of likely N-dealkylation sites (N-methyl/N-ethyl adjacent to an activating group) is 1. The molecule has 0 fully saturated rings. The van der Waals surface area contributed by atoms with Gasteiger partial charge < -0.3 is 66.9 Å². The summed E-state index contributed by atoms with van der Waals surface area (Å²) in [6, 6.07) is 8.46. The van der Waals surface area contributed by atoms with E-state index in [2.05, 4.69) is 36.5 Å². The molecule has 0 unspecified atom stereocenters. The standard InChI is InChI=1S/C42H79NO13/c1-3-4-5-6-7-8-9-10-41-11-13-42(14-12-41)56-40-39-55-38-37-54-36-35-53-34-33-52-32-31-51-30-29-50-28-27-49-26-25-48-24-23-47-22-21-46-20-19-45-18-17-44-16-15-43-2/h11-14,43H,3-10,15-40H2,1-2H3. The van der Waals surface area contributed by atoms with Crippen molar-refractivity contribution in [3.63, 3.8) is 0 Å². The minimum Gasteiger partial charge on any atom is -0.491 e. The normalized spacial score (nSPS) is 11.5. The first-order chi connectivity index (χ1) is 27.9. The van der Waals surface area contributed by atoms with Crippen LogP contribution in [0.15, 0.2) is 24.3 Å². The highest BCUT2D eigenvalue weighted by atomic mass is 16.6. The van der Waals surface area contributed by atoms with Crippen LogP contribution in [0.25, 0.3) is 0 Å². The van der Waals surface area contributed by atoms with Gasteiger partial charge in [-0.05, 0) is 37.6 Å². The van der Waals surface area contributed by atoms with E-state index in [9.17, 15) is 0 Å². The molecule has 14 nitrogen and oxygen atoms in total. The molecule has 0 saturated carbocycles. The molecular formula is C42H79NO13. The maximum Gasteiger partial charge on any atom is 0.119 e. The van der Waals surface area contributed by atoms with Crippen molar-refractivity contribution in [2.75, 3.05) is 179 Å². The third-order valence-electron chi connectivity index (χ3n) is 8.08. The quantitative estimate of drug-likeness (QED) is 0.0907. The molecule has 0 spiro atoms. The van der Waals surface area contributed by atoms with Crippen LogP contribution in [0.2, 0.25) is 0 Å². The van der Waals surface area contributed by atoms with Crippen LogP contribution in [-0.2, 0) is 63.3 Å². The summed E-state index contributed by atoms with van der Waals surface area (Å²) >= 11 is 0. The van der Waals surface area contributed by atoms with Crippen LogP contribution in [0, 0.1) is 0 Å². The van der Waals surface area contributed by atoms with Crippen molar-refractivity contribution >= 4 is 0 Å². The highest BCUT2D eigenvalue weighted by molar-refractivity contribution is 5.27. The van der Waals surface area contributed by atoms with E-state index in [1.165, 1.54) is 50.5 Å². The molecule has 1 aromatic carbocycles. The van der Waals surface area contributed by atoms with Gasteiger partial charge in [-0.15, -0.1) is 0 Å². The van der Waals surface area contributed by atoms with Crippen LogP contribution < -0.4 is 10.1 Å². The van der Waals surface area contributed by atoms with Gasteiger partial charge in [0.25, 0.3) is 0 Å². The topological polar surface area (TPSA) is 132 Å². The lowest BCUT2D eigenvalue weighted by molar-refractivity contribution is -0.0285. The van der Waals surface area contributed by atoms with Crippen LogP contribution in [0.4, 0.5) is 0 Å². The molecule has 0 bridgehead atoms. The average molecular weight is 806 g/mol. The second-order valence-corrected chi connectivity index (χ2v) is 12.8. The lowest BCUT2D eigenvalue weighted by atomic mass is 10.0. The maximum absolute atomic E-state index is 5.79. The SMILES string of the molecule is CCCCCCCCCc1ccc(OCCOCCOCCOCCOCCOCCOCCOCCOCCOCCOCCOCCOCCNC)cc1. The largest absolute Gasteiger partial charge is 0.491 e. The van der Waals surface area contributed by atoms with Gasteiger partial charge in [-0.25, -0.2) is 0 Å². The molecule has 0 aromatic heterocycles. The Balaban J connectivity index is 1.67. The average Bonchev–Trinajstić information content (AvgIpc) is 3.22. The minimum absolute atomic E-state index is 0.510. The molecule has 0 amide bonds. The fourth-order valence-electron chi connectivity index (χ4n) is 4.95. The van der Waals surface area contributed by atoms with E-state index in [4.69, 9.17) is 61.6 Å². The third-order valence-corrected chi connectivity index (χ3v) is 8.08. The number of unbranched alkanes of at least 4 members (excludes halogenated alkanes) is 6. The summed E-state index contributed by atoms with van der Waals surface area (Å²) in [5.41, 5.74) is 1.38. The molecule has 0 radical (unpaired) electrons. The number of nitrogens with one attached hydrogen (secondary N) is 1. The van der Waals surface area contributed by atoms with E-state index in [0.717, 1.165) is 18.7 Å². The van der Waals surface area contributed by atoms with Crippen molar-refractivity contribution < 1.29 is 61.6 Å². The molecule has 1 aromatic rings. The van der Waals surface area contributed by atoms with Gasteiger partial charge in [0.15, 0.2) is 0 Å². The summed E-state index contributed by atoms with van der Waals surface area (Å²) in [6.07, 6.45) is 10.5. The molecule has 330 valence electrons. The van der Waals surface area contributed by atoms with Crippen molar-refractivity contribution in [1.29, 1.82) is 0 Å². The summed E-state index contributed by atoms with van der Waals surface area (Å²) in [4.78, 5) is 0. The molecule has 1 N–H and O–H groups in total. The fraction of sp³-hybridized carbons (Fsp3) is 0.857. The number of hydrogen-bond donors (Lipinski definition) is 1. The highest BCUT2D eigenvalue weighted by Crippen LogP contribution is 2.15. The third kappa shape index (κ3) is 40.7. The minimum atomic E-state index is 0.510. The number of benzene rings is 1. The Morgan fingerprint density at radius 2 is 0.625 bits per heavy atom. The van der Waals surface area contributed by atoms with Crippen molar-refractivity contribution in [3.05, 3.63) is 29.8 Å². The number of hydrogen-bond acceptors (Lipinski definition) is 14. The van der Waals surface area contributed by atoms with Crippen molar-refractivity contribution in [3.8, 4) is 5.75 Å². The van der Waals surface area contributed by atoms with Gasteiger partial charge >= 0.3 is 0 Å². The van der Waals surface area contributed by atoms with E-state index in [1.54, 1.807) is 0 Å². The molecular weight excluding hydrogens is 726 g/mol. The zero-order chi connectivity index (χ0) is 39.9. The zero-order valence-electron chi connectivity index (χ0n) is 35.2. The number of aryl methyl sites for hydroxylation is 1. The van der Waals surface area contributed by atoms with Crippen LogP contribution >= 0.6 is 0 Å². The summed E-state index contributed by atoms with van der Waals surface area (Å²) < 4.78 is 71.8. The molecule has 14 heteroatoms. The molecule has 0 aliphatic heterocycles. The van der Waals surface area contributed by atoms with E-state index in [1.807, 2.05) is 7.05 Å². The first kappa shape index (κ1) is 52.5. The first-order valence-electron chi connectivity index (χ1n) is 21.2. The smallest absolute Gasteiger partial charge is 0.119 e. The van der Waals surface area contributed by atoms with Gasteiger partial charge in [0, 0.05) is 6.54 Å². The Morgan fingerprint density at radius 3 is 0.946 bits per heavy atom. The van der Waals surface area contributed by atoms with Gasteiger partial charge in [-0.1, -0.05) is 57.6 Å². The van der Waals surface area contributed by atoms with Gasteiger partial charge in [0.05, 0.1) is 159 Å². The zero-order valence-corrected chi connectivity index (χ0v) is 35.2. The second kappa shape index (κ2) is 46.2. The molecule has 0 saturated heterocycles. The van der Waals surface area contributed by atoms with Gasteiger partial charge in [0.1, 0.15) is 12.4 Å². The van der Waals surface area contributed by atoms with E-state index < -0.39 is 0 Å². The molecule has 0 aliphatic carbocycles. The summed E-state index contributed by atoms with van der Waals surface area (Å²) in [6.45, 7) is 16.4. The van der Waals surface area contributed by atoms with E-state index >= 15 is 0 Å². The Kier molecular flexibility index (Phi) is 43.3. The van der Waals surface area contributed by atoms with Gasteiger partial charge in [0.2, 0.25) is 0 Å². The van der Waals surface area contributed by atoms with Gasteiger partial charge in [-0.2, -0.15) is 0 Å². The monoisotopic (exact) mass is 806 g/mol. The second-order valence-electron chi connectivity index (χ2n) is 12.8. The predicted molar refractivity (Wildman–Crippen MR) is 217 cm³/mol. The van der Waals surface area contributed by atoms with Crippen molar-refractivity contribution in [1.82, 2.24) is 5.32 Å². The molecule has 1 rings (SSSR count). The molecule has 56 heavy (non-hydrogen) atoms. The van der Waals surface area contributed by atoms with Crippen LogP contribution in [0.3, 0.4) is 0 Å². The molecule has 0 aliphatic rings. The van der Waals surface area contributed by atoms with Crippen molar-refractivity contribution in [2.45, 2.75) is 58.3 Å². The molecule has 0 atom stereocenters. The summed E-state index contributed by atoms with van der Waals surface area (Å²) in [5.74, 6) is 0.886. The maximum atomic E-state index is 5.79. The van der Waals surface area contributed by atoms with Crippen molar-refractivity contribution in [2.24, 2.45) is 0 Å². The summed E-state index contributed by atoms with van der Waals surface area (Å²) in [5, 5.41) is 3.02. The number of rotatable bonds is 48. The summed E-state index contributed by atoms with van der Waals surface area (Å²) in [7, 11) is 1.90. The highest BCUT2D eigenvalue weighted by Gasteiger charge is 2.00. The lowest BCUT2D eigenvalue weighted by Gasteiger charge is -2.09. The van der Waals surface area contributed by atoms with Crippen LogP contribution in [0.5, 0.6) is 5.75 Å².